The van der Waals surface area contributed by atoms with Crippen LogP contribution in [0.1, 0.15) is 23.6 Å². The zero-order chi connectivity index (χ0) is 22.9. The second kappa shape index (κ2) is 11.7. The molecule has 1 heterocycles. The molecule has 1 unspecified atom stereocenters. The standard InChI is InChI=1S/C25H31N3O3S/c1-18-21(17-28-13-15-32-16-14-28)5-4-6-23(18)27-25(30)19(2)26-24(29)12-9-20-7-10-22(31-3)11-8-20/h4-12,19H,13-17H2,1-3H3,(H,26,29)(H,27,30)/b12-9+. The van der Waals surface area contributed by atoms with Gasteiger partial charge in [-0.1, -0.05) is 24.3 Å². The largest absolute Gasteiger partial charge is 0.497 e. The molecule has 0 radical (unpaired) electrons. The van der Waals surface area contributed by atoms with Crippen LogP contribution in [0.25, 0.3) is 6.08 Å². The molecule has 0 bridgehead atoms. The summed E-state index contributed by atoms with van der Waals surface area (Å²) in [7, 11) is 1.61. The average molecular weight is 454 g/mol. The number of benzene rings is 2. The summed E-state index contributed by atoms with van der Waals surface area (Å²) in [5.74, 6) is 2.52. The highest BCUT2D eigenvalue weighted by Gasteiger charge is 2.17. The van der Waals surface area contributed by atoms with Crippen molar-refractivity contribution in [3.05, 3.63) is 65.2 Å². The van der Waals surface area contributed by atoms with Crippen LogP contribution in [0.4, 0.5) is 5.69 Å². The van der Waals surface area contributed by atoms with Gasteiger partial charge in [-0.2, -0.15) is 11.8 Å². The lowest BCUT2D eigenvalue weighted by molar-refractivity contribution is -0.123. The van der Waals surface area contributed by atoms with Crippen molar-refractivity contribution in [1.82, 2.24) is 10.2 Å². The van der Waals surface area contributed by atoms with Crippen LogP contribution in [0, 0.1) is 6.92 Å². The van der Waals surface area contributed by atoms with Gasteiger partial charge in [-0.15, -0.1) is 0 Å². The van der Waals surface area contributed by atoms with E-state index in [0.29, 0.717) is 0 Å². The van der Waals surface area contributed by atoms with Crippen LogP contribution in [0.3, 0.4) is 0 Å². The highest BCUT2D eigenvalue weighted by molar-refractivity contribution is 7.99. The maximum Gasteiger partial charge on any atom is 0.246 e. The van der Waals surface area contributed by atoms with Gasteiger partial charge in [0.05, 0.1) is 7.11 Å². The minimum absolute atomic E-state index is 0.245. The number of anilines is 1. The van der Waals surface area contributed by atoms with Crippen molar-refractivity contribution in [2.45, 2.75) is 26.4 Å². The van der Waals surface area contributed by atoms with Crippen molar-refractivity contribution in [1.29, 1.82) is 0 Å². The molecule has 2 N–H and O–H groups in total. The van der Waals surface area contributed by atoms with Gasteiger partial charge in [0.2, 0.25) is 11.8 Å². The Kier molecular flexibility index (Phi) is 8.76. The first-order valence-electron chi connectivity index (χ1n) is 10.8. The number of hydrogen-bond acceptors (Lipinski definition) is 5. The van der Waals surface area contributed by atoms with Crippen LogP contribution in [-0.4, -0.2) is 54.5 Å². The van der Waals surface area contributed by atoms with E-state index in [0.717, 1.165) is 42.2 Å². The first kappa shape index (κ1) is 23.9. The van der Waals surface area contributed by atoms with Gasteiger partial charge < -0.3 is 15.4 Å². The van der Waals surface area contributed by atoms with Gasteiger partial charge in [0.15, 0.2) is 0 Å². The summed E-state index contributed by atoms with van der Waals surface area (Å²) in [4.78, 5) is 27.4. The second-order valence-corrected chi connectivity index (χ2v) is 9.03. The van der Waals surface area contributed by atoms with Gasteiger partial charge in [0, 0.05) is 42.9 Å². The van der Waals surface area contributed by atoms with Crippen LogP contribution < -0.4 is 15.4 Å². The number of carbonyl (C=O) groups excluding carboxylic acids is 2. The summed E-state index contributed by atoms with van der Waals surface area (Å²) in [6.07, 6.45) is 3.13. The van der Waals surface area contributed by atoms with Crippen molar-refractivity contribution in [3.8, 4) is 5.75 Å². The third-order valence-electron chi connectivity index (χ3n) is 5.50. The fourth-order valence-corrected chi connectivity index (χ4v) is 4.42. The Morgan fingerprint density at radius 3 is 2.56 bits per heavy atom. The van der Waals surface area contributed by atoms with E-state index in [1.807, 2.05) is 55.1 Å². The van der Waals surface area contributed by atoms with E-state index in [4.69, 9.17) is 4.74 Å². The van der Waals surface area contributed by atoms with Crippen LogP contribution in [0.15, 0.2) is 48.5 Å². The highest BCUT2D eigenvalue weighted by atomic mass is 32.2. The van der Waals surface area contributed by atoms with Crippen molar-refractivity contribution >= 4 is 35.3 Å². The van der Waals surface area contributed by atoms with Gasteiger partial charge in [0.25, 0.3) is 0 Å². The van der Waals surface area contributed by atoms with Gasteiger partial charge in [-0.3, -0.25) is 14.5 Å². The summed E-state index contributed by atoms with van der Waals surface area (Å²) >= 11 is 1.99. The van der Waals surface area contributed by atoms with E-state index in [2.05, 4.69) is 21.6 Å². The van der Waals surface area contributed by atoms with E-state index < -0.39 is 6.04 Å². The number of nitrogens with one attached hydrogen (secondary N) is 2. The molecule has 2 aromatic carbocycles. The number of hydrogen-bond donors (Lipinski definition) is 2. The SMILES string of the molecule is COc1ccc(/C=C/C(=O)NC(C)C(=O)Nc2cccc(CN3CCSCC3)c2C)cc1. The molecule has 1 aliphatic rings. The lowest BCUT2D eigenvalue weighted by Gasteiger charge is -2.27. The molecule has 6 nitrogen and oxygen atoms in total. The van der Waals surface area contributed by atoms with Gasteiger partial charge >= 0.3 is 0 Å². The summed E-state index contributed by atoms with van der Waals surface area (Å²) in [5, 5.41) is 5.68. The van der Waals surface area contributed by atoms with E-state index in [9.17, 15) is 9.59 Å². The molecule has 1 atom stereocenters. The summed E-state index contributed by atoms with van der Waals surface area (Å²) in [5.41, 5.74) is 3.94. The maximum absolute atomic E-state index is 12.7. The van der Waals surface area contributed by atoms with Crippen LogP contribution in [-0.2, 0) is 16.1 Å². The number of nitrogens with zero attached hydrogens (tertiary/aromatic N) is 1. The highest BCUT2D eigenvalue weighted by Crippen LogP contribution is 2.22. The number of rotatable bonds is 8. The van der Waals surface area contributed by atoms with Crippen molar-refractivity contribution in [3.63, 3.8) is 0 Å². The number of amides is 2. The molecule has 3 rings (SSSR count). The molecule has 2 aromatic rings. The van der Waals surface area contributed by atoms with Crippen LogP contribution >= 0.6 is 11.8 Å². The second-order valence-electron chi connectivity index (χ2n) is 7.80. The monoisotopic (exact) mass is 453 g/mol. The fourth-order valence-electron chi connectivity index (χ4n) is 3.45. The van der Waals surface area contributed by atoms with E-state index >= 15 is 0 Å². The number of thioether (sulfide) groups is 1. The molecule has 1 aliphatic heterocycles. The molecule has 0 spiro atoms. The molecule has 2 amide bonds. The van der Waals surface area contributed by atoms with Gasteiger partial charge in [-0.05, 0) is 54.8 Å². The van der Waals surface area contributed by atoms with Crippen molar-refractivity contribution < 1.29 is 14.3 Å². The number of ether oxygens (including phenoxy) is 1. The first-order valence-corrected chi connectivity index (χ1v) is 11.9. The van der Waals surface area contributed by atoms with Crippen LogP contribution in [0.2, 0.25) is 0 Å². The summed E-state index contributed by atoms with van der Waals surface area (Å²) in [6.45, 7) is 6.78. The Labute approximate surface area is 194 Å². The molecule has 1 fully saturated rings. The van der Waals surface area contributed by atoms with Crippen molar-refractivity contribution in [2.75, 3.05) is 37.0 Å². The molecular weight excluding hydrogens is 422 g/mol. The predicted octanol–water partition coefficient (Wildman–Crippen LogP) is 3.71. The molecule has 0 saturated carbocycles. The molecular formula is C25H31N3O3S. The Hall–Kier alpha value is -2.77. The van der Waals surface area contributed by atoms with E-state index in [1.165, 1.54) is 23.1 Å². The van der Waals surface area contributed by atoms with E-state index in [-0.39, 0.29) is 11.8 Å². The topological polar surface area (TPSA) is 70.7 Å². The quantitative estimate of drug-likeness (QED) is 0.597. The molecule has 1 saturated heterocycles. The summed E-state index contributed by atoms with van der Waals surface area (Å²) in [6, 6.07) is 12.7. The molecule has 7 heteroatoms. The lowest BCUT2D eigenvalue weighted by Crippen LogP contribution is -2.41. The zero-order valence-electron chi connectivity index (χ0n) is 18.9. The molecule has 32 heavy (non-hydrogen) atoms. The summed E-state index contributed by atoms with van der Waals surface area (Å²) < 4.78 is 5.13. The lowest BCUT2D eigenvalue weighted by atomic mass is 10.1. The van der Waals surface area contributed by atoms with Gasteiger partial charge in [-0.25, -0.2) is 0 Å². The molecule has 0 aliphatic carbocycles. The average Bonchev–Trinajstić information content (AvgIpc) is 2.81. The Morgan fingerprint density at radius 1 is 1.16 bits per heavy atom. The third-order valence-corrected chi connectivity index (χ3v) is 6.44. The fraction of sp³-hybridized carbons (Fsp3) is 0.360. The Balaban J connectivity index is 1.54. The maximum atomic E-state index is 12.7. The molecule has 170 valence electrons. The zero-order valence-corrected chi connectivity index (χ0v) is 19.7. The number of carbonyl (C=O) groups is 2. The first-order chi connectivity index (χ1) is 15.5. The van der Waals surface area contributed by atoms with Crippen molar-refractivity contribution in [2.24, 2.45) is 0 Å². The third kappa shape index (κ3) is 6.87. The Morgan fingerprint density at radius 2 is 1.88 bits per heavy atom. The smallest absolute Gasteiger partial charge is 0.246 e. The van der Waals surface area contributed by atoms with Crippen LogP contribution in [0.5, 0.6) is 5.75 Å². The number of methoxy groups -OCH3 is 1. The predicted molar refractivity (Wildman–Crippen MR) is 132 cm³/mol. The minimum atomic E-state index is -0.662. The minimum Gasteiger partial charge on any atom is -0.497 e. The van der Waals surface area contributed by atoms with Gasteiger partial charge in [0.1, 0.15) is 11.8 Å². The normalized spacial score (nSPS) is 15.3. The Bertz CT molecular complexity index is 953. The molecule has 0 aromatic heterocycles. The van der Waals surface area contributed by atoms with E-state index in [1.54, 1.807) is 20.1 Å².